The molecule has 3 unspecified atom stereocenters. The SMILES string of the molecule is CC1NC(C(=O)O)COC1C. The number of nitrogens with one attached hydrogen (secondary N) is 1. The summed E-state index contributed by atoms with van der Waals surface area (Å²) in [5.74, 6) is -0.844. The van der Waals surface area contributed by atoms with Gasteiger partial charge in [-0.25, -0.2) is 0 Å². The third-order valence-corrected chi connectivity index (χ3v) is 1.99. The lowest BCUT2D eigenvalue weighted by atomic mass is 10.1. The van der Waals surface area contributed by atoms with Gasteiger partial charge in [0, 0.05) is 6.04 Å². The largest absolute Gasteiger partial charge is 0.480 e. The first kappa shape index (κ1) is 8.49. The lowest BCUT2D eigenvalue weighted by Gasteiger charge is -2.31. The van der Waals surface area contributed by atoms with E-state index in [2.05, 4.69) is 5.32 Å². The molecule has 4 nitrogen and oxygen atoms in total. The van der Waals surface area contributed by atoms with Crippen molar-refractivity contribution in [1.82, 2.24) is 5.32 Å². The standard InChI is InChI=1S/C7H13NO3/c1-4-5(2)11-3-6(8-4)7(9)10/h4-6,8H,3H2,1-2H3,(H,9,10). The Balaban J connectivity index is 2.46. The van der Waals surface area contributed by atoms with Gasteiger partial charge < -0.3 is 9.84 Å². The first-order valence-corrected chi connectivity index (χ1v) is 3.71. The van der Waals surface area contributed by atoms with Crippen LogP contribution in [0.25, 0.3) is 0 Å². The van der Waals surface area contributed by atoms with E-state index >= 15 is 0 Å². The van der Waals surface area contributed by atoms with Gasteiger partial charge in [0.2, 0.25) is 0 Å². The summed E-state index contributed by atoms with van der Waals surface area (Å²) in [5.41, 5.74) is 0. The van der Waals surface area contributed by atoms with Crippen LogP contribution in [0.2, 0.25) is 0 Å². The number of carboxylic acid groups (broad SMARTS) is 1. The Morgan fingerprint density at radius 1 is 1.64 bits per heavy atom. The van der Waals surface area contributed by atoms with Crippen LogP contribution < -0.4 is 5.32 Å². The van der Waals surface area contributed by atoms with Gasteiger partial charge in [0.25, 0.3) is 0 Å². The molecule has 1 saturated heterocycles. The molecule has 2 N–H and O–H groups in total. The average molecular weight is 159 g/mol. The molecule has 0 spiro atoms. The highest BCUT2D eigenvalue weighted by molar-refractivity contribution is 5.73. The van der Waals surface area contributed by atoms with Crippen molar-refractivity contribution in [2.45, 2.75) is 32.0 Å². The number of hydrogen-bond donors (Lipinski definition) is 2. The average Bonchev–Trinajstić information content (AvgIpc) is 1.94. The molecule has 0 aromatic rings. The molecule has 1 fully saturated rings. The first-order valence-electron chi connectivity index (χ1n) is 3.71. The lowest BCUT2D eigenvalue weighted by molar-refractivity contribution is -0.145. The van der Waals surface area contributed by atoms with Gasteiger partial charge in [0.05, 0.1) is 12.7 Å². The van der Waals surface area contributed by atoms with Crippen molar-refractivity contribution in [3.05, 3.63) is 0 Å². The van der Waals surface area contributed by atoms with E-state index in [0.29, 0.717) is 0 Å². The Kier molecular flexibility index (Phi) is 2.46. The fourth-order valence-corrected chi connectivity index (χ4v) is 1.04. The lowest BCUT2D eigenvalue weighted by Crippen LogP contribution is -2.54. The molecule has 0 saturated carbocycles. The summed E-state index contributed by atoms with van der Waals surface area (Å²) in [6.07, 6.45) is 0.102. The summed E-state index contributed by atoms with van der Waals surface area (Å²) in [4.78, 5) is 10.5. The predicted molar refractivity (Wildman–Crippen MR) is 39.4 cm³/mol. The minimum Gasteiger partial charge on any atom is -0.480 e. The van der Waals surface area contributed by atoms with Gasteiger partial charge in [-0.15, -0.1) is 0 Å². The smallest absolute Gasteiger partial charge is 0.323 e. The fraction of sp³-hybridized carbons (Fsp3) is 0.857. The van der Waals surface area contributed by atoms with Crippen molar-refractivity contribution in [2.24, 2.45) is 0 Å². The van der Waals surface area contributed by atoms with E-state index < -0.39 is 12.0 Å². The van der Waals surface area contributed by atoms with Gasteiger partial charge >= 0.3 is 5.97 Å². The summed E-state index contributed by atoms with van der Waals surface area (Å²) in [7, 11) is 0. The van der Waals surface area contributed by atoms with Crippen LogP contribution in [0, 0.1) is 0 Å². The number of carbonyl (C=O) groups is 1. The topological polar surface area (TPSA) is 58.6 Å². The van der Waals surface area contributed by atoms with Gasteiger partial charge in [0.15, 0.2) is 0 Å². The molecule has 0 bridgehead atoms. The number of hydrogen-bond acceptors (Lipinski definition) is 3. The summed E-state index contributed by atoms with van der Waals surface area (Å²) in [5, 5.41) is 11.5. The van der Waals surface area contributed by atoms with Crippen molar-refractivity contribution < 1.29 is 14.6 Å². The van der Waals surface area contributed by atoms with Gasteiger partial charge in [-0.3, -0.25) is 10.1 Å². The van der Waals surface area contributed by atoms with Crippen molar-refractivity contribution in [3.8, 4) is 0 Å². The molecule has 0 radical (unpaired) electrons. The van der Waals surface area contributed by atoms with Crippen LogP contribution in [0.4, 0.5) is 0 Å². The normalized spacial score (nSPS) is 38.5. The molecule has 1 aliphatic rings. The summed E-state index contributed by atoms with van der Waals surface area (Å²) in [6.45, 7) is 4.11. The zero-order chi connectivity index (χ0) is 8.43. The predicted octanol–water partition coefficient (Wildman–Crippen LogP) is -0.164. The molecule has 1 heterocycles. The van der Waals surface area contributed by atoms with E-state index in [1.54, 1.807) is 0 Å². The van der Waals surface area contributed by atoms with E-state index in [1.807, 2.05) is 13.8 Å². The second-order valence-electron chi connectivity index (χ2n) is 2.88. The Morgan fingerprint density at radius 3 is 2.73 bits per heavy atom. The van der Waals surface area contributed by atoms with E-state index in [0.717, 1.165) is 0 Å². The van der Waals surface area contributed by atoms with Gasteiger partial charge in [-0.2, -0.15) is 0 Å². The monoisotopic (exact) mass is 159 g/mol. The van der Waals surface area contributed by atoms with E-state index in [1.165, 1.54) is 0 Å². The molecule has 0 amide bonds. The summed E-state index contributed by atoms with van der Waals surface area (Å²) >= 11 is 0. The Hall–Kier alpha value is -0.610. The number of ether oxygens (including phenoxy) is 1. The number of morpholine rings is 1. The third-order valence-electron chi connectivity index (χ3n) is 1.99. The minimum atomic E-state index is -0.844. The number of carboxylic acids is 1. The minimum absolute atomic E-state index is 0.102. The van der Waals surface area contributed by atoms with Gasteiger partial charge in [-0.05, 0) is 13.8 Å². The van der Waals surface area contributed by atoms with Crippen LogP contribution in [0.5, 0.6) is 0 Å². The van der Waals surface area contributed by atoms with E-state index in [4.69, 9.17) is 9.84 Å². The Morgan fingerprint density at radius 2 is 2.27 bits per heavy atom. The molecule has 1 rings (SSSR count). The molecule has 4 heteroatoms. The molecular weight excluding hydrogens is 146 g/mol. The molecule has 3 atom stereocenters. The molecule has 0 aromatic carbocycles. The molecule has 0 aromatic heterocycles. The zero-order valence-corrected chi connectivity index (χ0v) is 6.70. The maximum absolute atomic E-state index is 10.5. The molecule has 11 heavy (non-hydrogen) atoms. The molecule has 64 valence electrons. The second-order valence-corrected chi connectivity index (χ2v) is 2.88. The molecular formula is C7H13NO3. The summed E-state index contributed by atoms with van der Waals surface area (Å²) < 4.78 is 5.22. The van der Waals surface area contributed by atoms with Crippen molar-refractivity contribution in [2.75, 3.05) is 6.61 Å². The second kappa shape index (κ2) is 3.19. The van der Waals surface area contributed by atoms with E-state index in [-0.39, 0.29) is 18.8 Å². The number of rotatable bonds is 1. The maximum Gasteiger partial charge on any atom is 0.323 e. The Labute approximate surface area is 65.5 Å². The summed E-state index contributed by atoms with van der Waals surface area (Å²) in [6, 6.07) is -0.425. The highest BCUT2D eigenvalue weighted by atomic mass is 16.5. The maximum atomic E-state index is 10.5. The van der Waals surface area contributed by atoms with Crippen LogP contribution in [0.15, 0.2) is 0 Å². The van der Waals surface area contributed by atoms with Crippen LogP contribution in [-0.2, 0) is 9.53 Å². The first-order chi connectivity index (χ1) is 5.11. The van der Waals surface area contributed by atoms with Gasteiger partial charge in [0.1, 0.15) is 6.04 Å². The zero-order valence-electron chi connectivity index (χ0n) is 6.70. The highest BCUT2D eigenvalue weighted by Gasteiger charge is 2.28. The van der Waals surface area contributed by atoms with Crippen molar-refractivity contribution in [1.29, 1.82) is 0 Å². The quantitative estimate of drug-likeness (QED) is 0.558. The third kappa shape index (κ3) is 1.91. The fourth-order valence-electron chi connectivity index (χ4n) is 1.04. The number of aliphatic carboxylic acids is 1. The van der Waals surface area contributed by atoms with Crippen LogP contribution in [0.1, 0.15) is 13.8 Å². The Bertz CT molecular complexity index is 160. The van der Waals surface area contributed by atoms with Crippen molar-refractivity contribution >= 4 is 5.97 Å². The molecule has 0 aliphatic carbocycles. The van der Waals surface area contributed by atoms with Crippen LogP contribution >= 0.6 is 0 Å². The van der Waals surface area contributed by atoms with Crippen molar-refractivity contribution in [3.63, 3.8) is 0 Å². The highest BCUT2D eigenvalue weighted by Crippen LogP contribution is 2.06. The van der Waals surface area contributed by atoms with Crippen LogP contribution in [0.3, 0.4) is 0 Å². The van der Waals surface area contributed by atoms with Crippen LogP contribution in [-0.4, -0.2) is 35.9 Å². The van der Waals surface area contributed by atoms with Gasteiger partial charge in [-0.1, -0.05) is 0 Å². The van der Waals surface area contributed by atoms with E-state index in [9.17, 15) is 4.79 Å². The molecule has 1 aliphatic heterocycles.